The second-order valence-electron chi connectivity index (χ2n) is 4.30. The van der Waals surface area contributed by atoms with Gasteiger partial charge in [0.05, 0.1) is 0 Å². The molecule has 0 radical (unpaired) electrons. The second-order valence-corrected chi connectivity index (χ2v) is 4.30. The summed E-state index contributed by atoms with van der Waals surface area (Å²) in [5.74, 6) is -0.454. The molecule has 2 aromatic heterocycles. The Kier molecular flexibility index (Phi) is 1.74. The van der Waals surface area contributed by atoms with Crippen molar-refractivity contribution >= 4 is 11.2 Å². The molecule has 0 fully saturated rings. The van der Waals surface area contributed by atoms with Gasteiger partial charge in [-0.3, -0.25) is 4.98 Å². The van der Waals surface area contributed by atoms with Crippen LogP contribution in [-0.2, 0) is 5.41 Å². The summed E-state index contributed by atoms with van der Waals surface area (Å²) in [6, 6.07) is 1.87. The van der Waals surface area contributed by atoms with Crippen molar-refractivity contribution in [3.8, 4) is 0 Å². The van der Waals surface area contributed by atoms with E-state index < -0.39 is 5.76 Å². The van der Waals surface area contributed by atoms with Crippen LogP contribution in [0.4, 0.5) is 0 Å². The van der Waals surface area contributed by atoms with E-state index in [0.29, 0.717) is 11.2 Å². The number of fused-ring (bicyclic) bond motifs is 1. The van der Waals surface area contributed by atoms with Crippen molar-refractivity contribution in [1.29, 1.82) is 0 Å². The van der Waals surface area contributed by atoms with Crippen molar-refractivity contribution in [1.82, 2.24) is 9.97 Å². The minimum absolute atomic E-state index is 0.0562. The van der Waals surface area contributed by atoms with Gasteiger partial charge < -0.3 is 4.42 Å². The van der Waals surface area contributed by atoms with Gasteiger partial charge in [0.25, 0.3) is 0 Å². The summed E-state index contributed by atoms with van der Waals surface area (Å²) in [6.07, 6.45) is 1.67. The highest BCUT2D eigenvalue weighted by atomic mass is 16.4. The van der Waals surface area contributed by atoms with Crippen LogP contribution in [0.3, 0.4) is 0 Å². The number of aromatic nitrogens is 2. The first-order chi connectivity index (χ1) is 6.48. The lowest BCUT2D eigenvalue weighted by Gasteiger charge is -2.17. The van der Waals surface area contributed by atoms with E-state index in [-0.39, 0.29) is 5.41 Å². The number of nitrogens with zero attached hydrogens (tertiary/aromatic N) is 1. The lowest BCUT2D eigenvalue weighted by molar-refractivity contribution is 0.528. The Labute approximate surface area is 81.0 Å². The van der Waals surface area contributed by atoms with E-state index in [1.807, 2.05) is 6.07 Å². The summed E-state index contributed by atoms with van der Waals surface area (Å²) in [4.78, 5) is 17.6. The van der Waals surface area contributed by atoms with Gasteiger partial charge in [-0.05, 0) is 11.5 Å². The van der Waals surface area contributed by atoms with Gasteiger partial charge in [0.2, 0.25) is 0 Å². The van der Waals surface area contributed by atoms with Gasteiger partial charge in [-0.2, -0.15) is 0 Å². The summed E-state index contributed by atoms with van der Waals surface area (Å²) >= 11 is 0. The van der Waals surface area contributed by atoms with E-state index in [1.165, 1.54) is 0 Å². The molecule has 0 aromatic carbocycles. The molecule has 0 amide bonds. The van der Waals surface area contributed by atoms with E-state index in [2.05, 4.69) is 30.7 Å². The Morgan fingerprint density at radius 1 is 1.43 bits per heavy atom. The number of hydrogen-bond acceptors (Lipinski definition) is 3. The average molecular weight is 192 g/mol. The smallest absolute Gasteiger partial charge is 0.406 e. The number of hydrogen-bond donors (Lipinski definition) is 1. The summed E-state index contributed by atoms with van der Waals surface area (Å²) in [5, 5.41) is 0. The van der Waals surface area contributed by atoms with Crippen LogP contribution in [0.1, 0.15) is 26.3 Å². The quantitative estimate of drug-likeness (QED) is 0.692. The predicted octanol–water partition coefficient (Wildman–Crippen LogP) is 1.81. The molecule has 0 saturated heterocycles. The Morgan fingerprint density at radius 3 is 2.79 bits per heavy atom. The molecule has 0 aliphatic heterocycles. The topological polar surface area (TPSA) is 58.9 Å². The fraction of sp³-hybridized carbons (Fsp3) is 0.400. The highest BCUT2D eigenvalue weighted by molar-refractivity contribution is 5.72. The van der Waals surface area contributed by atoms with Gasteiger partial charge in [-0.15, -0.1) is 0 Å². The van der Waals surface area contributed by atoms with E-state index in [0.717, 1.165) is 5.56 Å². The second kappa shape index (κ2) is 2.70. The van der Waals surface area contributed by atoms with Crippen molar-refractivity contribution in [3.05, 3.63) is 28.4 Å². The molecule has 2 aromatic rings. The molecule has 0 aliphatic rings. The first-order valence-electron chi connectivity index (χ1n) is 4.47. The highest BCUT2D eigenvalue weighted by Gasteiger charge is 2.19. The molecule has 0 atom stereocenters. The monoisotopic (exact) mass is 192 g/mol. The molecular formula is C10H12N2O2. The molecule has 0 unspecified atom stereocenters. The minimum atomic E-state index is -0.454. The van der Waals surface area contributed by atoms with Crippen molar-refractivity contribution in [2.75, 3.05) is 0 Å². The van der Waals surface area contributed by atoms with Crippen LogP contribution in [0.15, 0.2) is 21.5 Å². The fourth-order valence-electron chi connectivity index (χ4n) is 1.45. The van der Waals surface area contributed by atoms with Gasteiger partial charge in [-0.1, -0.05) is 20.8 Å². The van der Waals surface area contributed by atoms with Crippen molar-refractivity contribution in [3.63, 3.8) is 0 Å². The molecule has 4 nitrogen and oxygen atoms in total. The number of rotatable bonds is 0. The zero-order valence-corrected chi connectivity index (χ0v) is 8.42. The fourth-order valence-corrected chi connectivity index (χ4v) is 1.45. The van der Waals surface area contributed by atoms with Crippen molar-refractivity contribution < 1.29 is 4.42 Å². The zero-order chi connectivity index (χ0) is 10.3. The number of nitrogens with one attached hydrogen (secondary N) is 1. The third-order valence-corrected chi connectivity index (χ3v) is 2.13. The van der Waals surface area contributed by atoms with E-state index in [4.69, 9.17) is 4.42 Å². The van der Waals surface area contributed by atoms with Crippen LogP contribution in [0.25, 0.3) is 11.2 Å². The normalized spacial score (nSPS) is 12.2. The number of H-pyrrole nitrogens is 1. The highest BCUT2D eigenvalue weighted by Crippen LogP contribution is 2.27. The summed E-state index contributed by atoms with van der Waals surface area (Å²) < 4.78 is 5.05. The molecule has 0 spiro atoms. The standard InChI is InChI=1S/C10H12N2O2/c1-10(2,3)6-4-5-11-8-7(6)14-9(13)12-8/h4-5H,1-3H3,(H,11,12,13). The molecule has 0 aliphatic carbocycles. The lowest BCUT2D eigenvalue weighted by atomic mass is 9.87. The molecular weight excluding hydrogens is 180 g/mol. The zero-order valence-electron chi connectivity index (χ0n) is 8.42. The SMILES string of the molecule is CC(C)(C)c1ccnc2[nH]c(=O)oc12. The van der Waals surface area contributed by atoms with E-state index in [1.54, 1.807) is 6.20 Å². The molecule has 0 saturated carbocycles. The first kappa shape index (κ1) is 8.99. The van der Waals surface area contributed by atoms with Crippen LogP contribution in [0, 0.1) is 0 Å². The number of oxazole rings is 1. The van der Waals surface area contributed by atoms with Crippen LogP contribution >= 0.6 is 0 Å². The van der Waals surface area contributed by atoms with Gasteiger partial charge >= 0.3 is 5.76 Å². The van der Waals surface area contributed by atoms with E-state index in [9.17, 15) is 4.79 Å². The predicted molar refractivity (Wildman–Crippen MR) is 53.3 cm³/mol. The first-order valence-corrected chi connectivity index (χ1v) is 4.47. The van der Waals surface area contributed by atoms with Crippen LogP contribution in [-0.4, -0.2) is 9.97 Å². The van der Waals surface area contributed by atoms with Crippen molar-refractivity contribution in [2.24, 2.45) is 0 Å². The minimum Gasteiger partial charge on any atom is -0.406 e. The van der Waals surface area contributed by atoms with E-state index >= 15 is 0 Å². The maximum absolute atomic E-state index is 11.0. The Morgan fingerprint density at radius 2 is 2.14 bits per heavy atom. The summed E-state index contributed by atoms with van der Waals surface area (Å²) in [5.41, 5.74) is 2.01. The Bertz CT molecular complexity index is 517. The van der Waals surface area contributed by atoms with Crippen LogP contribution < -0.4 is 5.76 Å². The number of aromatic amines is 1. The van der Waals surface area contributed by atoms with Crippen LogP contribution in [0.5, 0.6) is 0 Å². The Balaban J connectivity index is 2.83. The Hall–Kier alpha value is -1.58. The van der Waals surface area contributed by atoms with Gasteiger partial charge in [0.15, 0.2) is 11.2 Å². The molecule has 0 bridgehead atoms. The summed E-state index contributed by atoms with van der Waals surface area (Å²) in [7, 11) is 0. The van der Waals surface area contributed by atoms with Crippen LogP contribution in [0.2, 0.25) is 0 Å². The molecule has 2 rings (SSSR count). The number of pyridine rings is 1. The molecule has 2 heterocycles. The van der Waals surface area contributed by atoms with Crippen molar-refractivity contribution in [2.45, 2.75) is 26.2 Å². The molecule has 4 heteroatoms. The third-order valence-electron chi connectivity index (χ3n) is 2.13. The average Bonchev–Trinajstić information content (AvgIpc) is 2.41. The van der Waals surface area contributed by atoms with Gasteiger partial charge in [-0.25, -0.2) is 9.78 Å². The molecule has 1 N–H and O–H groups in total. The third kappa shape index (κ3) is 1.32. The lowest BCUT2D eigenvalue weighted by Crippen LogP contribution is -2.11. The summed E-state index contributed by atoms with van der Waals surface area (Å²) in [6.45, 7) is 6.19. The maximum Gasteiger partial charge on any atom is 0.418 e. The maximum atomic E-state index is 11.0. The van der Waals surface area contributed by atoms with Gasteiger partial charge in [0.1, 0.15) is 0 Å². The van der Waals surface area contributed by atoms with Gasteiger partial charge in [0, 0.05) is 11.8 Å². The largest absolute Gasteiger partial charge is 0.418 e. The molecule has 74 valence electrons. The molecule has 14 heavy (non-hydrogen) atoms.